The molecule has 0 saturated heterocycles. The Bertz CT molecular complexity index is 759. The lowest BCUT2D eigenvalue weighted by atomic mass is 10.2. The maximum atomic E-state index is 13.1. The number of urea groups is 1. The Hall–Kier alpha value is -2.75. The molecule has 10 heteroatoms. The van der Waals surface area contributed by atoms with Gasteiger partial charge in [0.2, 0.25) is 5.88 Å². The number of amides is 3. The maximum Gasteiger partial charge on any atom is 0.321 e. The molecule has 0 bridgehead atoms. The van der Waals surface area contributed by atoms with Gasteiger partial charge in [-0.25, -0.2) is 13.6 Å². The monoisotopic (exact) mass is 356 g/mol. The molecule has 2 aromatic rings. The van der Waals surface area contributed by atoms with E-state index in [0.717, 1.165) is 29.7 Å². The Morgan fingerprint density at radius 2 is 1.92 bits per heavy atom. The van der Waals surface area contributed by atoms with Crippen LogP contribution in [0.1, 0.15) is 15.9 Å². The lowest BCUT2D eigenvalue weighted by Gasteiger charge is -2.11. The van der Waals surface area contributed by atoms with Crippen LogP contribution < -0.4 is 15.8 Å². The number of hydrogen-bond donors (Lipinski definition) is 2. The highest BCUT2D eigenvalue weighted by Crippen LogP contribution is 2.31. The fourth-order valence-corrected chi connectivity index (χ4v) is 2.46. The minimum Gasteiger partial charge on any atom is -0.472 e. The van der Waals surface area contributed by atoms with E-state index >= 15 is 0 Å². The van der Waals surface area contributed by atoms with Crippen molar-refractivity contribution in [2.24, 2.45) is 5.73 Å². The SMILES string of the molecule is CN(C)C(=O)Nc1snc(OCc2cc(F)cc(F)c2)c1C(N)=O. The molecule has 0 saturated carbocycles. The van der Waals surface area contributed by atoms with Crippen molar-refractivity contribution in [3.63, 3.8) is 0 Å². The van der Waals surface area contributed by atoms with Crippen LogP contribution in [0.4, 0.5) is 18.6 Å². The molecule has 0 spiro atoms. The molecule has 0 atom stereocenters. The molecular weight excluding hydrogens is 342 g/mol. The summed E-state index contributed by atoms with van der Waals surface area (Å²) in [5.41, 5.74) is 5.40. The molecule has 1 aromatic carbocycles. The lowest BCUT2D eigenvalue weighted by Crippen LogP contribution is -2.28. The van der Waals surface area contributed by atoms with E-state index < -0.39 is 23.6 Å². The van der Waals surface area contributed by atoms with Gasteiger partial charge in [0.15, 0.2) is 0 Å². The fraction of sp³-hybridized carbons (Fsp3) is 0.214. The average molecular weight is 356 g/mol. The van der Waals surface area contributed by atoms with Gasteiger partial charge in [0.1, 0.15) is 28.8 Å². The molecule has 3 N–H and O–H groups in total. The van der Waals surface area contributed by atoms with Crippen LogP contribution in [-0.4, -0.2) is 35.3 Å². The zero-order valence-electron chi connectivity index (χ0n) is 12.8. The first-order valence-electron chi connectivity index (χ1n) is 6.63. The number of carbonyl (C=O) groups is 2. The topological polar surface area (TPSA) is 97.6 Å². The normalized spacial score (nSPS) is 10.3. The Morgan fingerprint density at radius 3 is 2.46 bits per heavy atom. The van der Waals surface area contributed by atoms with Crippen molar-refractivity contribution in [1.82, 2.24) is 9.27 Å². The average Bonchev–Trinajstić information content (AvgIpc) is 2.86. The zero-order chi connectivity index (χ0) is 17.9. The first-order chi connectivity index (χ1) is 11.3. The van der Waals surface area contributed by atoms with Crippen LogP contribution in [-0.2, 0) is 6.61 Å². The summed E-state index contributed by atoms with van der Waals surface area (Å²) < 4.78 is 35.5. The van der Waals surface area contributed by atoms with E-state index in [1.807, 2.05) is 0 Å². The Morgan fingerprint density at radius 1 is 1.29 bits per heavy atom. The summed E-state index contributed by atoms with van der Waals surface area (Å²) in [6.07, 6.45) is 0. The predicted octanol–water partition coefficient (Wildman–Crippen LogP) is 2.19. The van der Waals surface area contributed by atoms with Crippen LogP contribution >= 0.6 is 11.5 Å². The number of ether oxygens (including phenoxy) is 1. The van der Waals surface area contributed by atoms with Gasteiger partial charge in [-0.3, -0.25) is 10.1 Å². The highest BCUT2D eigenvalue weighted by molar-refractivity contribution is 7.11. The smallest absolute Gasteiger partial charge is 0.321 e. The number of primary amides is 1. The number of rotatable bonds is 5. The number of aromatic nitrogens is 1. The molecule has 0 radical (unpaired) electrons. The number of nitrogens with one attached hydrogen (secondary N) is 1. The van der Waals surface area contributed by atoms with Crippen molar-refractivity contribution in [2.45, 2.75) is 6.61 Å². The summed E-state index contributed by atoms with van der Waals surface area (Å²) in [5, 5.41) is 2.60. The minimum atomic E-state index is -0.849. The second-order valence-corrected chi connectivity index (χ2v) is 5.72. The van der Waals surface area contributed by atoms with Crippen molar-refractivity contribution in [2.75, 3.05) is 19.4 Å². The van der Waals surface area contributed by atoms with Crippen molar-refractivity contribution < 1.29 is 23.1 Å². The number of anilines is 1. The highest BCUT2D eigenvalue weighted by Gasteiger charge is 2.22. The number of benzene rings is 1. The first-order valence-corrected chi connectivity index (χ1v) is 7.41. The summed E-state index contributed by atoms with van der Waals surface area (Å²) in [6, 6.07) is 2.44. The van der Waals surface area contributed by atoms with Gasteiger partial charge in [0, 0.05) is 20.2 Å². The quantitative estimate of drug-likeness (QED) is 0.858. The van der Waals surface area contributed by atoms with Crippen LogP contribution in [0.5, 0.6) is 5.88 Å². The van der Waals surface area contributed by atoms with Crippen LogP contribution in [0.2, 0.25) is 0 Å². The summed E-state index contributed by atoms with van der Waals surface area (Å²) in [5.74, 6) is -2.47. The maximum absolute atomic E-state index is 13.1. The van der Waals surface area contributed by atoms with Crippen LogP contribution in [0.25, 0.3) is 0 Å². The molecule has 1 aromatic heterocycles. The third kappa shape index (κ3) is 4.16. The van der Waals surface area contributed by atoms with Gasteiger partial charge in [0.25, 0.3) is 5.91 Å². The first kappa shape index (κ1) is 17.6. The highest BCUT2D eigenvalue weighted by atomic mass is 32.1. The molecule has 128 valence electrons. The molecule has 0 aliphatic heterocycles. The zero-order valence-corrected chi connectivity index (χ0v) is 13.6. The predicted molar refractivity (Wildman–Crippen MR) is 84.0 cm³/mol. The number of carbonyl (C=O) groups excluding carboxylic acids is 2. The molecule has 0 unspecified atom stereocenters. The van der Waals surface area contributed by atoms with Gasteiger partial charge < -0.3 is 15.4 Å². The largest absolute Gasteiger partial charge is 0.472 e. The minimum absolute atomic E-state index is 0.105. The van der Waals surface area contributed by atoms with Crippen molar-refractivity contribution in [1.29, 1.82) is 0 Å². The molecular formula is C14H14F2N4O3S. The van der Waals surface area contributed by atoms with E-state index in [4.69, 9.17) is 10.5 Å². The van der Waals surface area contributed by atoms with Gasteiger partial charge >= 0.3 is 6.03 Å². The summed E-state index contributed by atoms with van der Waals surface area (Å²) >= 11 is 0.809. The van der Waals surface area contributed by atoms with Gasteiger partial charge in [0.05, 0.1) is 0 Å². The van der Waals surface area contributed by atoms with Gasteiger partial charge in [-0.1, -0.05) is 0 Å². The molecule has 1 heterocycles. The van der Waals surface area contributed by atoms with Crippen LogP contribution in [0.3, 0.4) is 0 Å². The summed E-state index contributed by atoms with van der Waals surface area (Å²) in [6.45, 7) is -0.222. The molecule has 7 nitrogen and oxygen atoms in total. The van der Waals surface area contributed by atoms with Gasteiger partial charge in [-0.2, -0.15) is 4.37 Å². The third-order valence-electron chi connectivity index (χ3n) is 2.83. The van der Waals surface area contributed by atoms with Crippen molar-refractivity contribution in [3.8, 4) is 5.88 Å². The van der Waals surface area contributed by atoms with Crippen LogP contribution in [0.15, 0.2) is 18.2 Å². The lowest BCUT2D eigenvalue weighted by molar-refractivity contribution is 0.0996. The number of halogens is 2. The number of hydrogen-bond acceptors (Lipinski definition) is 5. The van der Waals surface area contributed by atoms with Crippen molar-refractivity contribution >= 4 is 28.5 Å². The molecule has 0 fully saturated rings. The molecule has 0 aliphatic carbocycles. The van der Waals surface area contributed by atoms with E-state index in [1.165, 1.54) is 19.0 Å². The third-order valence-corrected chi connectivity index (χ3v) is 3.58. The molecule has 3 amide bonds. The summed E-state index contributed by atoms with van der Waals surface area (Å²) in [4.78, 5) is 24.5. The molecule has 24 heavy (non-hydrogen) atoms. The summed E-state index contributed by atoms with van der Waals surface area (Å²) in [7, 11) is 3.05. The van der Waals surface area contributed by atoms with Gasteiger partial charge in [-0.05, 0) is 29.2 Å². The fourth-order valence-electron chi connectivity index (χ4n) is 1.73. The Balaban J connectivity index is 2.19. The Labute approximate surface area is 140 Å². The second kappa shape index (κ2) is 7.21. The van der Waals surface area contributed by atoms with Gasteiger partial charge in [-0.15, -0.1) is 0 Å². The number of nitrogens with zero attached hydrogens (tertiary/aromatic N) is 2. The van der Waals surface area contributed by atoms with E-state index in [1.54, 1.807) is 0 Å². The van der Waals surface area contributed by atoms with E-state index in [-0.39, 0.29) is 28.6 Å². The van der Waals surface area contributed by atoms with E-state index in [9.17, 15) is 18.4 Å². The molecule has 2 rings (SSSR count). The number of nitrogens with two attached hydrogens (primary N) is 1. The molecule has 0 aliphatic rings. The Kier molecular flexibility index (Phi) is 5.29. The van der Waals surface area contributed by atoms with Crippen molar-refractivity contribution in [3.05, 3.63) is 41.0 Å². The second-order valence-electron chi connectivity index (χ2n) is 4.95. The van der Waals surface area contributed by atoms with E-state index in [2.05, 4.69) is 9.69 Å². The van der Waals surface area contributed by atoms with E-state index in [0.29, 0.717) is 0 Å². The standard InChI is InChI=1S/C14H14F2N4O3S/c1-20(2)14(22)18-13-10(11(17)21)12(19-24-13)23-6-7-3-8(15)5-9(16)4-7/h3-5H,6H2,1-2H3,(H2,17,21)(H,18,22). The van der Waals surface area contributed by atoms with Crippen LogP contribution in [0, 0.1) is 11.6 Å².